The molecule has 45 heavy (non-hydrogen) atoms. The van der Waals surface area contributed by atoms with E-state index < -0.39 is 23.5 Å². The van der Waals surface area contributed by atoms with E-state index in [0.717, 1.165) is 49.8 Å². The lowest BCUT2D eigenvalue weighted by Gasteiger charge is -2.31. The van der Waals surface area contributed by atoms with Gasteiger partial charge in [-0.05, 0) is 68.0 Å². The van der Waals surface area contributed by atoms with Gasteiger partial charge in [-0.2, -0.15) is 26.3 Å². The van der Waals surface area contributed by atoms with E-state index in [1.54, 1.807) is 11.0 Å². The van der Waals surface area contributed by atoms with Gasteiger partial charge in [-0.25, -0.2) is 0 Å². The molecule has 220 valence electrons. The van der Waals surface area contributed by atoms with E-state index in [2.05, 4.69) is 0 Å². The maximum absolute atomic E-state index is 14.2. The number of fused-ring (bicyclic) bond motifs is 2. The average molecular weight is 606 g/mol. The van der Waals surface area contributed by atoms with Crippen LogP contribution < -0.4 is 4.90 Å². The van der Waals surface area contributed by atoms with Crippen molar-refractivity contribution in [3.05, 3.63) is 139 Å². The molecule has 7 heteroatoms. The summed E-state index contributed by atoms with van der Waals surface area (Å²) < 4.78 is 85.5. The van der Waals surface area contributed by atoms with E-state index >= 15 is 0 Å². The van der Waals surface area contributed by atoms with Crippen LogP contribution in [0.15, 0.2) is 127 Å². The number of nitrogens with zero attached hydrogens (tertiary/aromatic N) is 1. The zero-order valence-electron chi connectivity index (χ0n) is 23.3. The molecule has 0 radical (unpaired) electrons. The maximum Gasteiger partial charge on any atom is 0.416 e. The Balaban J connectivity index is 1.57. The second-order valence-electron chi connectivity index (χ2n) is 11.2. The van der Waals surface area contributed by atoms with Crippen LogP contribution in [0, 0.1) is 0 Å². The van der Waals surface area contributed by atoms with Crippen LogP contribution in [-0.2, 0) is 12.4 Å². The summed E-state index contributed by atoms with van der Waals surface area (Å²) in [5.74, 6) is 0. The molecule has 0 aliphatic rings. The van der Waals surface area contributed by atoms with Crippen molar-refractivity contribution < 1.29 is 26.3 Å². The van der Waals surface area contributed by atoms with Crippen molar-refractivity contribution in [2.24, 2.45) is 0 Å². The summed E-state index contributed by atoms with van der Waals surface area (Å²) in [6.07, 6.45) is -10.0. The monoisotopic (exact) mass is 605 g/mol. The summed E-state index contributed by atoms with van der Waals surface area (Å²) in [5, 5.41) is 8.46. The molecule has 0 bridgehead atoms. The van der Waals surface area contributed by atoms with Gasteiger partial charge in [0.2, 0.25) is 0 Å². The van der Waals surface area contributed by atoms with Crippen LogP contribution >= 0.6 is 0 Å². The van der Waals surface area contributed by atoms with Gasteiger partial charge in [0, 0.05) is 21.8 Å². The molecule has 0 aromatic heterocycles. The predicted octanol–water partition coefficient (Wildman–Crippen LogP) is 12.4. The number of hydrogen-bond donors (Lipinski definition) is 0. The lowest BCUT2D eigenvalue weighted by Crippen LogP contribution is -2.16. The van der Waals surface area contributed by atoms with E-state index in [-0.39, 0.29) is 11.8 Å². The Bertz CT molecular complexity index is 2320. The quantitative estimate of drug-likeness (QED) is 0.110. The summed E-state index contributed by atoms with van der Waals surface area (Å²) >= 11 is 0. The summed E-state index contributed by atoms with van der Waals surface area (Å²) in [4.78, 5) is 1.57. The van der Waals surface area contributed by atoms with Crippen LogP contribution in [0.3, 0.4) is 0 Å². The topological polar surface area (TPSA) is 3.24 Å². The molecule has 1 nitrogen and oxygen atoms in total. The normalized spacial score (nSPS) is 12.7. The third-order valence-corrected chi connectivity index (χ3v) is 8.54. The molecule has 0 saturated carbocycles. The SMILES string of the molecule is FC(F)(F)c1cc(N(c2c3ccccc3cc3ccccc23)c2ccc3ccc4cccc5ccc2c3c45)cc(C(F)(F)F)c1. The fourth-order valence-corrected chi connectivity index (χ4v) is 6.60. The van der Waals surface area contributed by atoms with Crippen LogP contribution in [0.25, 0.3) is 53.9 Å². The van der Waals surface area contributed by atoms with Gasteiger partial charge < -0.3 is 4.90 Å². The Labute approximate surface area is 252 Å². The Kier molecular flexibility index (Phi) is 5.82. The highest BCUT2D eigenvalue weighted by Gasteiger charge is 2.38. The smallest absolute Gasteiger partial charge is 0.309 e. The molecule has 8 aromatic carbocycles. The van der Waals surface area contributed by atoms with E-state index in [1.807, 2.05) is 103 Å². The summed E-state index contributed by atoms with van der Waals surface area (Å²) in [6.45, 7) is 0. The predicted molar refractivity (Wildman–Crippen MR) is 170 cm³/mol. The first kappa shape index (κ1) is 27.3. The minimum atomic E-state index is -5.01. The minimum absolute atomic E-state index is 0.174. The van der Waals surface area contributed by atoms with E-state index in [9.17, 15) is 26.3 Å². The van der Waals surface area contributed by atoms with Gasteiger partial charge in [-0.15, -0.1) is 0 Å². The highest BCUT2D eigenvalue weighted by molar-refractivity contribution is 6.26. The highest BCUT2D eigenvalue weighted by atomic mass is 19.4. The molecule has 8 rings (SSSR count). The molecule has 0 unspecified atom stereocenters. The molecule has 8 aromatic rings. The van der Waals surface area contributed by atoms with Crippen molar-refractivity contribution in [1.82, 2.24) is 0 Å². The molecule has 0 spiro atoms. The van der Waals surface area contributed by atoms with Crippen LogP contribution in [0.1, 0.15) is 11.1 Å². The molecule has 0 aliphatic carbocycles. The van der Waals surface area contributed by atoms with Crippen LogP contribution in [0.4, 0.5) is 43.4 Å². The average Bonchev–Trinajstić information content (AvgIpc) is 3.03. The zero-order valence-corrected chi connectivity index (χ0v) is 23.3. The number of hydrogen-bond acceptors (Lipinski definition) is 1. The van der Waals surface area contributed by atoms with Crippen molar-refractivity contribution in [2.75, 3.05) is 4.90 Å². The third-order valence-electron chi connectivity index (χ3n) is 8.54. The van der Waals surface area contributed by atoms with Crippen LogP contribution in [-0.4, -0.2) is 0 Å². The number of anilines is 3. The zero-order chi connectivity index (χ0) is 31.1. The lowest BCUT2D eigenvalue weighted by atomic mass is 9.92. The van der Waals surface area contributed by atoms with Gasteiger partial charge in [0.05, 0.1) is 22.5 Å². The molecule has 0 aliphatic heterocycles. The molecule has 0 heterocycles. The van der Waals surface area contributed by atoms with Gasteiger partial charge >= 0.3 is 12.4 Å². The van der Waals surface area contributed by atoms with Gasteiger partial charge in [0.25, 0.3) is 0 Å². The standard InChI is InChI=1S/C38H21F6N/c39-37(40,41)27-19-28(38(42,43)44)21-29(20-27)45(36-30-10-3-1-6-25(30)18-26-7-2-4-11-31(26)36)33-17-15-24-13-12-22-8-5-9-23-14-16-32(33)35(24)34(22)23/h1-21H. The second-order valence-corrected chi connectivity index (χ2v) is 11.2. The molecular weight excluding hydrogens is 584 g/mol. The first-order valence-corrected chi connectivity index (χ1v) is 14.2. The van der Waals surface area contributed by atoms with E-state index in [1.165, 1.54) is 0 Å². The number of halogens is 6. The van der Waals surface area contributed by atoms with Crippen molar-refractivity contribution in [3.8, 4) is 0 Å². The molecule has 0 saturated heterocycles. The first-order valence-electron chi connectivity index (χ1n) is 14.2. The summed E-state index contributed by atoms with van der Waals surface area (Å²) in [7, 11) is 0. The minimum Gasteiger partial charge on any atom is -0.309 e. The fourth-order valence-electron chi connectivity index (χ4n) is 6.60. The Morgan fingerprint density at radius 3 is 1.47 bits per heavy atom. The Morgan fingerprint density at radius 1 is 0.400 bits per heavy atom. The van der Waals surface area contributed by atoms with Gasteiger partial charge in [-0.3, -0.25) is 0 Å². The highest BCUT2D eigenvalue weighted by Crippen LogP contribution is 2.50. The second kappa shape index (κ2) is 9.60. The Hall–Kier alpha value is -5.30. The van der Waals surface area contributed by atoms with Gasteiger partial charge in [0.15, 0.2) is 0 Å². The molecule has 0 N–H and O–H groups in total. The molecular formula is C38H21F6N. The van der Waals surface area contributed by atoms with Crippen molar-refractivity contribution in [2.45, 2.75) is 12.4 Å². The lowest BCUT2D eigenvalue weighted by molar-refractivity contribution is -0.143. The van der Waals surface area contributed by atoms with E-state index in [0.29, 0.717) is 27.5 Å². The molecule has 0 amide bonds. The molecule has 0 fully saturated rings. The summed E-state index contributed by atoms with van der Waals surface area (Å²) in [5.41, 5.74) is -2.03. The third kappa shape index (κ3) is 4.33. The van der Waals surface area contributed by atoms with Gasteiger partial charge in [0.1, 0.15) is 0 Å². The van der Waals surface area contributed by atoms with Crippen molar-refractivity contribution in [3.63, 3.8) is 0 Å². The number of alkyl halides is 6. The van der Waals surface area contributed by atoms with Crippen LogP contribution in [0.5, 0.6) is 0 Å². The largest absolute Gasteiger partial charge is 0.416 e. The van der Waals surface area contributed by atoms with Crippen molar-refractivity contribution in [1.29, 1.82) is 0 Å². The van der Waals surface area contributed by atoms with Gasteiger partial charge in [-0.1, -0.05) is 97.1 Å². The Morgan fingerprint density at radius 2 is 0.889 bits per heavy atom. The maximum atomic E-state index is 14.2. The summed E-state index contributed by atoms with van der Waals surface area (Å²) in [6, 6.07) is 36.0. The molecule has 0 atom stereocenters. The fraction of sp³-hybridized carbons (Fsp3) is 0.0526. The van der Waals surface area contributed by atoms with Crippen molar-refractivity contribution >= 4 is 70.9 Å². The van der Waals surface area contributed by atoms with Crippen LogP contribution in [0.2, 0.25) is 0 Å². The number of benzene rings is 8. The first-order chi connectivity index (χ1) is 21.6. The van der Waals surface area contributed by atoms with E-state index in [4.69, 9.17) is 0 Å². The number of rotatable bonds is 3.